The third-order valence-corrected chi connectivity index (χ3v) is 6.72. The lowest BCUT2D eigenvalue weighted by Gasteiger charge is -2.26. The molecule has 1 aliphatic heterocycles. The Kier molecular flexibility index (Phi) is 6.83. The highest BCUT2D eigenvalue weighted by molar-refractivity contribution is 7.80. The number of phenolic OH excluding ortho intramolecular Hbond substituents is 1. The molecule has 0 spiro atoms. The van der Waals surface area contributed by atoms with Crippen molar-refractivity contribution in [3.8, 4) is 23.0 Å². The standard InChI is InChI=1S/C29H27N3O4S/c1-34-20-11-7-10-19(14-20)30-29(37)32-25(22-13-6-9-18-8-4-5-12-21(18)22)16-24(31-32)23-15-27(35-2)28(36-3)17-26(23)33/h4-15,17,25,33H,16H2,1-3H3,(H,30,37). The zero-order valence-electron chi connectivity index (χ0n) is 20.8. The molecule has 1 aliphatic rings. The van der Waals surface area contributed by atoms with Crippen molar-refractivity contribution < 1.29 is 19.3 Å². The van der Waals surface area contributed by atoms with Crippen molar-refractivity contribution in [2.75, 3.05) is 26.6 Å². The van der Waals surface area contributed by atoms with Crippen LogP contribution in [-0.4, -0.2) is 42.3 Å². The van der Waals surface area contributed by atoms with Gasteiger partial charge in [-0.1, -0.05) is 48.5 Å². The Morgan fingerprint density at radius 3 is 2.43 bits per heavy atom. The first-order chi connectivity index (χ1) is 18.0. The number of ether oxygens (including phenoxy) is 3. The predicted octanol–water partition coefficient (Wildman–Crippen LogP) is 6.12. The average molecular weight is 514 g/mol. The molecule has 1 unspecified atom stereocenters. The number of nitrogens with one attached hydrogen (secondary N) is 1. The molecule has 1 atom stereocenters. The number of rotatable bonds is 6. The molecule has 0 radical (unpaired) electrons. The smallest absolute Gasteiger partial charge is 0.194 e. The van der Waals surface area contributed by atoms with Gasteiger partial charge >= 0.3 is 0 Å². The number of anilines is 1. The van der Waals surface area contributed by atoms with Crippen LogP contribution < -0.4 is 19.5 Å². The summed E-state index contributed by atoms with van der Waals surface area (Å²) in [6, 6.07) is 25.1. The van der Waals surface area contributed by atoms with Crippen molar-refractivity contribution in [2.45, 2.75) is 12.5 Å². The maximum absolute atomic E-state index is 10.9. The van der Waals surface area contributed by atoms with Gasteiger partial charge in [-0.3, -0.25) is 0 Å². The quantitative estimate of drug-likeness (QED) is 0.301. The topological polar surface area (TPSA) is 75.6 Å². The highest BCUT2D eigenvalue weighted by atomic mass is 32.1. The van der Waals surface area contributed by atoms with Crippen LogP contribution in [0.1, 0.15) is 23.6 Å². The molecule has 8 heteroatoms. The van der Waals surface area contributed by atoms with Crippen LogP contribution in [0.15, 0.2) is 84.0 Å². The number of hydrogen-bond donors (Lipinski definition) is 2. The molecule has 4 aromatic rings. The largest absolute Gasteiger partial charge is 0.507 e. The fraction of sp³-hybridized carbons (Fsp3) is 0.172. The first-order valence-corrected chi connectivity index (χ1v) is 12.2. The normalized spacial score (nSPS) is 14.8. The third-order valence-electron chi connectivity index (χ3n) is 6.43. The molecule has 0 saturated carbocycles. The maximum atomic E-state index is 10.9. The molecule has 4 aromatic carbocycles. The van der Waals surface area contributed by atoms with Crippen molar-refractivity contribution >= 4 is 39.5 Å². The molecule has 0 fully saturated rings. The number of benzene rings is 4. The number of hydrazone groups is 1. The molecule has 0 bridgehead atoms. The van der Waals surface area contributed by atoms with Crippen LogP contribution in [0.25, 0.3) is 10.8 Å². The minimum Gasteiger partial charge on any atom is -0.507 e. The van der Waals surface area contributed by atoms with E-state index in [1.165, 1.54) is 7.11 Å². The van der Waals surface area contributed by atoms with Gasteiger partial charge in [-0.05, 0) is 46.8 Å². The highest BCUT2D eigenvalue weighted by Crippen LogP contribution is 2.41. The van der Waals surface area contributed by atoms with E-state index in [-0.39, 0.29) is 11.8 Å². The Morgan fingerprint density at radius 1 is 0.919 bits per heavy atom. The second-order valence-corrected chi connectivity index (χ2v) is 8.95. The fourth-order valence-corrected chi connectivity index (χ4v) is 4.91. The van der Waals surface area contributed by atoms with E-state index < -0.39 is 0 Å². The van der Waals surface area contributed by atoms with E-state index >= 15 is 0 Å². The van der Waals surface area contributed by atoms with Gasteiger partial charge in [0.05, 0.1) is 33.1 Å². The lowest BCUT2D eigenvalue weighted by molar-refractivity contribution is 0.351. The van der Waals surface area contributed by atoms with E-state index in [9.17, 15) is 5.11 Å². The summed E-state index contributed by atoms with van der Waals surface area (Å²) in [4.78, 5) is 0. The minimum atomic E-state index is -0.195. The van der Waals surface area contributed by atoms with Crippen molar-refractivity contribution in [2.24, 2.45) is 5.10 Å². The summed E-state index contributed by atoms with van der Waals surface area (Å²) in [6.45, 7) is 0. The number of aromatic hydroxyl groups is 1. The van der Waals surface area contributed by atoms with E-state index in [0.29, 0.717) is 34.3 Å². The van der Waals surface area contributed by atoms with E-state index in [0.717, 1.165) is 27.8 Å². The van der Waals surface area contributed by atoms with Gasteiger partial charge in [-0.2, -0.15) is 5.10 Å². The number of thiocarbonyl (C=S) groups is 1. The average Bonchev–Trinajstić information content (AvgIpc) is 3.37. The van der Waals surface area contributed by atoms with E-state index in [1.54, 1.807) is 26.4 Å². The van der Waals surface area contributed by atoms with Crippen LogP contribution in [0, 0.1) is 0 Å². The summed E-state index contributed by atoms with van der Waals surface area (Å²) in [5.74, 6) is 1.73. The van der Waals surface area contributed by atoms with Crippen molar-refractivity contribution in [1.29, 1.82) is 0 Å². The van der Waals surface area contributed by atoms with Crippen molar-refractivity contribution in [3.63, 3.8) is 0 Å². The van der Waals surface area contributed by atoms with Crippen LogP contribution in [0.4, 0.5) is 5.69 Å². The van der Waals surface area contributed by atoms with Gasteiger partial charge in [0.2, 0.25) is 0 Å². The highest BCUT2D eigenvalue weighted by Gasteiger charge is 2.34. The Hall–Kier alpha value is -4.30. The maximum Gasteiger partial charge on any atom is 0.194 e. The molecule has 5 rings (SSSR count). The van der Waals surface area contributed by atoms with Crippen LogP contribution >= 0.6 is 12.2 Å². The summed E-state index contributed by atoms with van der Waals surface area (Å²) in [5, 5.41) is 23.6. The first-order valence-electron chi connectivity index (χ1n) is 11.8. The molecule has 0 amide bonds. The molecule has 0 saturated heterocycles. The molecular weight excluding hydrogens is 486 g/mol. The summed E-state index contributed by atoms with van der Waals surface area (Å²) >= 11 is 5.86. The number of hydrogen-bond acceptors (Lipinski definition) is 6. The van der Waals surface area contributed by atoms with E-state index in [1.807, 2.05) is 47.5 Å². The summed E-state index contributed by atoms with van der Waals surface area (Å²) < 4.78 is 16.2. The van der Waals surface area contributed by atoms with Gasteiger partial charge in [0.25, 0.3) is 0 Å². The molecular formula is C29H27N3O4S. The van der Waals surface area contributed by atoms with Gasteiger partial charge in [-0.15, -0.1) is 0 Å². The second kappa shape index (κ2) is 10.4. The number of phenols is 1. The monoisotopic (exact) mass is 513 g/mol. The molecule has 0 aromatic heterocycles. The Balaban J connectivity index is 1.58. The van der Waals surface area contributed by atoms with Gasteiger partial charge in [0, 0.05) is 29.8 Å². The van der Waals surface area contributed by atoms with Crippen LogP contribution in [0.2, 0.25) is 0 Å². The van der Waals surface area contributed by atoms with Crippen LogP contribution in [0.3, 0.4) is 0 Å². The third kappa shape index (κ3) is 4.75. The zero-order chi connectivity index (χ0) is 25.9. The van der Waals surface area contributed by atoms with Gasteiger partial charge < -0.3 is 24.6 Å². The predicted molar refractivity (Wildman–Crippen MR) is 150 cm³/mol. The molecule has 7 nitrogen and oxygen atoms in total. The first kappa shape index (κ1) is 24.4. The number of methoxy groups -OCH3 is 3. The van der Waals surface area contributed by atoms with E-state index in [2.05, 4.69) is 29.6 Å². The SMILES string of the molecule is COc1cccc(NC(=S)N2N=C(c3cc(OC)c(OC)cc3O)CC2c2cccc3ccccc23)c1. The molecule has 0 aliphatic carbocycles. The number of nitrogens with zero attached hydrogens (tertiary/aromatic N) is 2. The Morgan fingerprint density at radius 2 is 1.65 bits per heavy atom. The Bertz CT molecular complexity index is 1500. The molecule has 2 N–H and O–H groups in total. The van der Waals surface area contributed by atoms with Crippen LogP contribution in [0.5, 0.6) is 23.0 Å². The Labute approximate surface area is 220 Å². The molecule has 1 heterocycles. The van der Waals surface area contributed by atoms with Crippen molar-refractivity contribution in [1.82, 2.24) is 5.01 Å². The van der Waals surface area contributed by atoms with Gasteiger partial charge in [-0.25, -0.2) is 5.01 Å². The van der Waals surface area contributed by atoms with E-state index in [4.69, 9.17) is 31.5 Å². The van der Waals surface area contributed by atoms with Crippen LogP contribution in [-0.2, 0) is 0 Å². The summed E-state index contributed by atoms with van der Waals surface area (Å²) in [5.41, 5.74) is 3.13. The lowest BCUT2D eigenvalue weighted by atomic mass is 9.94. The van der Waals surface area contributed by atoms with Gasteiger partial charge in [0.1, 0.15) is 11.5 Å². The minimum absolute atomic E-state index is 0.0570. The summed E-state index contributed by atoms with van der Waals surface area (Å²) in [7, 11) is 4.72. The van der Waals surface area contributed by atoms with Crippen molar-refractivity contribution in [3.05, 3.63) is 90.0 Å². The fourth-order valence-electron chi connectivity index (χ4n) is 4.62. The zero-order valence-corrected chi connectivity index (χ0v) is 21.6. The van der Waals surface area contributed by atoms with Gasteiger partial charge in [0.15, 0.2) is 16.6 Å². The second-order valence-electron chi connectivity index (χ2n) is 8.57. The number of fused-ring (bicyclic) bond motifs is 1. The molecule has 188 valence electrons. The summed E-state index contributed by atoms with van der Waals surface area (Å²) in [6.07, 6.45) is 0.525. The lowest BCUT2D eigenvalue weighted by Crippen LogP contribution is -2.31. The molecule has 37 heavy (non-hydrogen) atoms.